The van der Waals surface area contributed by atoms with Crippen LogP contribution in [-0.2, 0) is 0 Å². The number of allylic oxidation sites excluding steroid dienone is 2. The van der Waals surface area contributed by atoms with E-state index in [1.54, 1.807) is 4.68 Å². The Morgan fingerprint density at radius 2 is 2.00 bits per heavy atom. The van der Waals surface area contributed by atoms with Crippen molar-refractivity contribution in [3.63, 3.8) is 0 Å². The fraction of sp³-hybridized carbons (Fsp3) is 0.105. The Labute approximate surface area is 159 Å². The molecule has 0 saturated heterocycles. The van der Waals surface area contributed by atoms with Crippen molar-refractivity contribution >= 4 is 23.5 Å². The van der Waals surface area contributed by atoms with Crippen molar-refractivity contribution in [1.29, 1.82) is 0 Å². The molecule has 0 spiro atoms. The van der Waals surface area contributed by atoms with Gasteiger partial charge < -0.3 is 5.32 Å². The molecular weight excluding hydrogens is 360 g/mol. The molecule has 3 aromatic rings. The highest BCUT2D eigenvalue weighted by molar-refractivity contribution is 6.03. The highest BCUT2D eigenvalue weighted by Crippen LogP contribution is 2.29. The SMILES string of the molecule is CC1=C[C@@H](c2ccccc2)n2nc(NC(=O)c3cccc([N+](=O)[O-])c3)nc2N1. The third-order valence-corrected chi connectivity index (χ3v) is 4.30. The number of nitrogens with one attached hydrogen (secondary N) is 2. The molecule has 0 aliphatic carbocycles. The molecule has 9 nitrogen and oxygen atoms in total. The van der Waals surface area contributed by atoms with Crippen molar-refractivity contribution < 1.29 is 9.72 Å². The molecule has 1 amide bonds. The molecule has 140 valence electrons. The fourth-order valence-corrected chi connectivity index (χ4v) is 3.00. The van der Waals surface area contributed by atoms with Crippen LogP contribution in [0.3, 0.4) is 0 Å². The molecule has 0 radical (unpaired) electrons. The molecule has 0 bridgehead atoms. The van der Waals surface area contributed by atoms with Crippen LogP contribution < -0.4 is 10.6 Å². The van der Waals surface area contributed by atoms with Gasteiger partial charge in [-0.3, -0.25) is 20.2 Å². The lowest BCUT2D eigenvalue weighted by Crippen LogP contribution is -2.19. The van der Waals surface area contributed by atoms with Gasteiger partial charge in [-0.15, -0.1) is 5.10 Å². The number of non-ortho nitro benzene ring substituents is 1. The minimum absolute atomic E-state index is 0.114. The first-order chi connectivity index (χ1) is 13.5. The lowest BCUT2D eigenvalue weighted by Gasteiger charge is -2.22. The fourth-order valence-electron chi connectivity index (χ4n) is 3.00. The maximum Gasteiger partial charge on any atom is 0.270 e. The first-order valence-corrected chi connectivity index (χ1v) is 8.54. The molecule has 4 rings (SSSR count). The van der Waals surface area contributed by atoms with Crippen LogP contribution in [0.2, 0.25) is 0 Å². The number of anilines is 2. The van der Waals surface area contributed by atoms with E-state index in [1.807, 2.05) is 43.3 Å². The van der Waals surface area contributed by atoms with Crippen LogP contribution in [0.4, 0.5) is 17.6 Å². The molecule has 0 unspecified atom stereocenters. The van der Waals surface area contributed by atoms with Crippen molar-refractivity contribution in [1.82, 2.24) is 14.8 Å². The Balaban J connectivity index is 1.61. The van der Waals surface area contributed by atoms with Crippen molar-refractivity contribution in [3.05, 3.63) is 87.6 Å². The Bertz CT molecular complexity index is 1090. The summed E-state index contributed by atoms with van der Waals surface area (Å²) in [5, 5.41) is 21.0. The Hall–Kier alpha value is -4.01. The zero-order valence-electron chi connectivity index (χ0n) is 14.9. The van der Waals surface area contributed by atoms with E-state index in [4.69, 9.17) is 0 Å². The Kier molecular flexibility index (Phi) is 4.32. The molecule has 2 heterocycles. The first-order valence-electron chi connectivity index (χ1n) is 8.54. The van der Waals surface area contributed by atoms with Gasteiger partial charge in [-0.2, -0.15) is 4.98 Å². The summed E-state index contributed by atoms with van der Waals surface area (Å²) in [4.78, 5) is 27.1. The molecule has 1 aliphatic heterocycles. The third kappa shape index (κ3) is 3.32. The van der Waals surface area contributed by atoms with Gasteiger partial charge in [-0.25, -0.2) is 4.68 Å². The Morgan fingerprint density at radius 1 is 1.21 bits per heavy atom. The van der Waals surface area contributed by atoms with E-state index in [0.717, 1.165) is 11.3 Å². The van der Waals surface area contributed by atoms with Crippen LogP contribution in [0, 0.1) is 10.1 Å². The second-order valence-corrected chi connectivity index (χ2v) is 6.30. The number of rotatable bonds is 4. The predicted molar refractivity (Wildman–Crippen MR) is 103 cm³/mol. The van der Waals surface area contributed by atoms with Crippen LogP contribution in [0.1, 0.15) is 28.9 Å². The third-order valence-electron chi connectivity index (χ3n) is 4.30. The number of nitro benzene ring substituents is 1. The summed E-state index contributed by atoms with van der Waals surface area (Å²) in [6.07, 6.45) is 2.02. The van der Waals surface area contributed by atoms with Crippen molar-refractivity contribution in [2.75, 3.05) is 10.6 Å². The summed E-state index contributed by atoms with van der Waals surface area (Å²) in [5.74, 6) is 0.0961. The quantitative estimate of drug-likeness (QED) is 0.533. The predicted octanol–water partition coefficient (Wildman–Crippen LogP) is 3.36. The topological polar surface area (TPSA) is 115 Å². The van der Waals surface area contributed by atoms with E-state index in [2.05, 4.69) is 20.7 Å². The van der Waals surface area contributed by atoms with E-state index in [9.17, 15) is 14.9 Å². The van der Waals surface area contributed by atoms with Gasteiger partial charge in [0, 0.05) is 23.4 Å². The lowest BCUT2D eigenvalue weighted by atomic mass is 10.1. The van der Waals surface area contributed by atoms with Crippen LogP contribution in [0.5, 0.6) is 0 Å². The van der Waals surface area contributed by atoms with Gasteiger partial charge in [-0.05, 0) is 24.6 Å². The number of carbonyl (C=O) groups is 1. The number of nitrogens with zero attached hydrogens (tertiary/aromatic N) is 4. The maximum absolute atomic E-state index is 12.5. The minimum Gasteiger partial charge on any atom is -0.329 e. The Morgan fingerprint density at radius 3 is 2.75 bits per heavy atom. The lowest BCUT2D eigenvalue weighted by molar-refractivity contribution is -0.384. The zero-order chi connectivity index (χ0) is 19.7. The van der Waals surface area contributed by atoms with Gasteiger partial charge in [-0.1, -0.05) is 36.4 Å². The molecule has 1 atom stereocenters. The normalized spacial score (nSPS) is 15.2. The van der Waals surface area contributed by atoms with E-state index in [1.165, 1.54) is 24.3 Å². The number of hydrogen-bond donors (Lipinski definition) is 2. The number of aromatic nitrogens is 3. The van der Waals surface area contributed by atoms with Gasteiger partial charge >= 0.3 is 0 Å². The average Bonchev–Trinajstić information content (AvgIpc) is 3.10. The molecule has 2 N–H and O–H groups in total. The molecular formula is C19H16N6O3. The molecule has 9 heteroatoms. The number of benzene rings is 2. The average molecular weight is 376 g/mol. The molecule has 1 aromatic heterocycles. The van der Waals surface area contributed by atoms with Crippen molar-refractivity contribution in [2.24, 2.45) is 0 Å². The van der Waals surface area contributed by atoms with Gasteiger partial charge in [0.1, 0.15) is 6.04 Å². The second kappa shape index (κ2) is 6.95. The molecule has 1 aliphatic rings. The monoisotopic (exact) mass is 376 g/mol. The van der Waals surface area contributed by atoms with Gasteiger partial charge in [0.25, 0.3) is 17.5 Å². The zero-order valence-corrected chi connectivity index (χ0v) is 14.9. The first kappa shape index (κ1) is 17.4. The largest absolute Gasteiger partial charge is 0.329 e. The highest BCUT2D eigenvalue weighted by Gasteiger charge is 2.24. The number of nitro groups is 1. The second-order valence-electron chi connectivity index (χ2n) is 6.30. The van der Waals surface area contributed by atoms with E-state index in [-0.39, 0.29) is 23.2 Å². The number of hydrogen-bond acceptors (Lipinski definition) is 6. The summed E-state index contributed by atoms with van der Waals surface area (Å²) in [7, 11) is 0. The van der Waals surface area contributed by atoms with Crippen molar-refractivity contribution in [3.8, 4) is 0 Å². The molecule has 0 saturated carbocycles. The van der Waals surface area contributed by atoms with Crippen LogP contribution in [-0.4, -0.2) is 25.6 Å². The van der Waals surface area contributed by atoms with Crippen LogP contribution >= 0.6 is 0 Å². The van der Waals surface area contributed by atoms with Gasteiger partial charge in [0.05, 0.1) is 4.92 Å². The summed E-state index contributed by atoms with van der Waals surface area (Å²) in [6, 6.07) is 15.1. The summed E-state index contributed by atoms with van der Waals surface area (Å²) in [6.45, 7) is 1.93. The summed E-state index contributed by atoms with van der Waals surface area (Å²) in [5.41, 5.74) is 1.95. The standard InChI is InChI=1S/C19H16N6O3/c1-12-10-16(13-6-3-2-4-7-13)24-19(20-12)22-18(23-24)21-17(26)14-8-5-9-15(11-14)25(27)28/h2-11,16H,1H3,(H2,20,21,22,23,26)/t16-/m0/s1. The van der Waals surface area contributed by atoms with Crippen LogP contribution in [0.25, 0.3) is 0 Å². The van der Waals surface area contributed by atoms with Crippen LogP contribution in [0.15, 0.2) is 66.4 Å². The van der Waals surface area contributed by atoms with Crippen molar-refractivity contribution in [2.45, 2.75) is 13.0 Å². The van der Waals surface area contributed by atoms with Gasteiger partial charge in [0.15, 0.2) is 0 Å². The van der Waals surface area contributed by atoms with Gasteiger partial charge in [0.2, 0.25) is 5.95 Å². The molecule has 2 aromatic carbocycles. The highest BCUT2D eigenvalue weighted by atomic mass is 16.6. The number of fused-ring (bicyclic) bond motifs is 1. The summed E-state index contributed by atoms with van der Waals surface area (Å²) >= 11 is 0. The summed E-state index contributed by atoms with van der Waals surface area (Å²) < 4.78 is 1.69. The van der Waals surface area contributed by atoms with E-state index >= 15 is 0 Å². The number of amides is 1. The molecule has 28 heavy (non-hydrogen) atoms. The molecule has 0 fully saturated rings. The number of carbonyl (C=O) groups excluding carboxylic acids is 1. The smallest absolute Gasteiger partial charge is 0.270 e. The minimum atomic E-state index is -0.548. The maximum atomic E-state index is 12.5. The van der Waals surface area contributed by atoms with E-state index < -0.39 is 10.8 Å². The van der Waals surface area contributed by atoms with E-state index in [0.29, 0.717) is 5.95 Å².